The molecule has 0 aliphatic carbocycles. The van der Waals surface area contributed by atoms with Gasteiger partial charge >= 0.3 is 6.18 Å². The van der Waals surface area contributed by atoms with Crippen LogP contribution in [0.2, 0.25) is 0 Å². The molecular weight excluding hydrogens is 513 g/mol. The van der Waals surface area contributed by atoms with Gasteiger partial charge in [0, 0.05) is 38.1 Å². The topological polar surface area (TPSA) is 91.0 Å². The Morgan fingerprint density at radius 2 is 1.97 bits per heavy atom. The highest BCUT2D eigenvalue weighted by atomic mass is 35.5. The standard InChI is InChI=1S/C25H35F3N4O4.ClH/c1-6-21(33)30-10-11-31-19-12-17(22(34)32(15(2)3)16-8-7-9-29-14-16)18(25(26,27)28)13-20(19)36-24(4,5)23(31)35;/h12-13,15-16,29H,6-11,14H2,1-5H3,(H,30,33);1H/t16-;/m1./s1. The highest BCUT2D eigenvalue weighted by Gasteiger charge is 2.45. The smallest absolute Gasteiger partial charge is 0.417 e. The molecule has 0 spiro atoms. The van der Waals surface area contributed by atoms with Crippen LogP contribution in [-0.4, -0.2) is 66.5 Å². The maximum absolute atomic E-state index is 14.2. The molecule has 0 unspecified atom stereocenters. The third-order valence-electron chi connectivity index (χ3n) is 6.48. The van der Waals surface area contributed by atoms with Crippen LogP contribution in [0.5, 0.6) is 5.75 Å². The number of carbonyl (C=O) groups is 3. The van der Waals surface area contributed by atoms with E-state index in [1.54, 1.807) is 20.8 Å². The lowest BCUT2D eigenvalue weighted by Crippen LogP contribution is -2.54. The normalized spacial score (nSPS) is 19.0. The number of halogens is 4. The number of benzene rings is 1. The minimum atomic E-state index is -4.82. The van der Waals surface area contributed by atoms with E-state index in [0.29, 0.717) is 13.0 Å². The monoisotopic (exact) mass is 548 g/mol. The summed E-state index contributed by atoms with van der Waals surface area (Å²) in [6, 6.07) is 1.34. The van der Waals surface area contributed by atoms with E-state index in [9.17, 15) is 27.6 Å². The Bertz CT molecular complexity index is 1010. The zero-order valence-electron chi connectivity index (χ0n) is 21.8. The van der Waals surface area contributed by atoms with E-state index in [0.717, 1.165) is 25.1 Å². The highest BCUT2D eigenvalue weighted by Crippen LogP contribution is 2.44. The lowest BCUT2D eigenvalue weighted by Gasteiger charge is -2.40. The number of rotatable bonds is 7. The van der Waals surface area contributed by atoms with Gasteiger partial charge in [-0.1, -0.05) is 6.92 Å². The van der Waals surface area contributed by atoms with Crippen LogP contribution in [0.25, 0.3) is 0 Å². The minimum absolute atomic E-state index is 0. The van der Waals surface area contributed by atoms with E-state index in [4.69, 9.17) is 4.74 Å². The number of hydrogen-bond acceptors (Lipinski definition) is 5. The highest BCUT2D eigenvalue weighted by molar-refractivity contribution is 6.05. The van der Waals surface area contributed by atoms with Gasteiger partial charge < -0.3 is 25.2 Å². The average Bonchev–Trinajstić information content (AvgIpc) is 2.80. The number of carbonyl (C=O) groups excluding carboxylic acids is 3. The molecule has 1 fully saturated rings. The Morgan fingerprint density at radius 3 is 2.51 bits per heavy atom. The summed E-state index contributed by atoms with van der Waals surface area (Å²) in [5, 5.41) is 5.88. The summed E-state index contributed by atoms with van der Waals surface area (Å²) in [6.07, 6.45) is -3.06. The summed E-state index contributed by atoms with van der Waals surface area (Å²) in [5.41, 5.74) is -2.98. The number of fused-ring (bicyclic) bond motifs is 1. The molecule has 2 N–H and O–H groups in total. The molecule has 3 amide bonds. The number of ether oxygens (including phenoxy) is 1. The number of nitrogens with zero attached hydrogens (tertiary/aromatic N) is 2. The zero-order valence-corrected chi connectivity index (χ0v) is 22.6. The summed E-state index contributed by atoms with van der Waals surface area (Å²) in [7, 11) is 0. The number of hydrogen-bond donors (Lipinski definition) is 2. The van der Waals surface area contributed by atoms with Crippen LogP contribution in [-0.2, 0) is 15.8 Å². The molecule has 208 valence electrons. The van der Waals surface area contributed by atoms with Crippen LogP contribution >= 0.6 is 12.4 Å². The van der Waals surface area contributed by atoms with Crippen molar-refractivity contribution in [1.82, 2.24) is 15.5 Å². The zero-order chi connectivity index (χ0) is 26.8. The van der Waals surface area contributed by atoms with Crippen LogP contribution < -0.4 is 20.3 Å². The summed E-state index contributed by atoms with van der Waals surface area (Å²) >= 11 is 0. The lowest BCUT2D eigenvalue weighted by atomic mass is 9.97. The summed E-state index contributed by atoms with van der Waals surface area (Å²) in [5.74, 6) is -1.57. The Balaban J connectivity index is 0.00000481. The first kappa shape index (κ1) is 30.7. The molecule has 0 bridgehead atoms. The van der Waals surface area contributed by atoms with Gasteiger partial charge in [0.25, 0.3) is 11.8 Å². The molecular formula is C25H36ClF3N4O4. The fraction of sp³-hybridized carbons (Fsp3) is 0.640. The van der Waals surface area contributed by atoms with Crippen molar-refractivity contribution >= 4 is 35.8 Å². The number of alkyl halides is 3. The van der Waals surface area contributed by atoms with Crippen molar-refractivity contribution in [3.8, 4) is 5.75 Å². The second-order valence-corrected chi connectivity index (χ2v) is 9.94. The summed E-state index contributed by atoms with van der Waals surface area (Å²) in [4.78, 5) is 41.3. The van der Waals surface area contributed by atoms with E-state index in [-0.39, 0.29) is 61.3 Å². The van der Waals surface area contributed by atoms with Crippen LogP contribution in [0.1, 0.15) is 69.8 Å². The van der Waals surface area contributed by atoms with Gasteiger partial charge in [0.05, 0.1) is 16.8 Å². The van der Waals surface area contributed by atoms with Crippen LogP contribution in [0.15, 0.2) is 12.1 Å². The van der Waals surface area contributed by atoms with Gasteiger partial charge in [0.15, 0.2) is 5.60 Å². The first-order valence-electron chi connectivity index (χ1n) is 12.3. The Morgan fingerprint density at radius 1 is 1.30 bits per heavy atom. The van der Waals surface area contributed by atoms with Crippen molar-refractivity contribution in [3.63, 3.8) is 0 Å². The van der Waals surface area contributed by atoms with E-state index < -0.39 is 34.7 Å². The van der Waals surface area contributed by atoms with Gasteiger partial charge in [-0.25, -0.2) is 0 Å². The Kier molecular flexibility index (Phi) is 9.87. The first-order valence-corrected chi connectivity index (χ1v) is 12.3. The molecule has 2 aliphatic rings. The Hall–Kier alpha value is -2.53. The maximum Gasteiger partial charge on any atom is 0.417 e. The van der Waals surface area contributed by atoms with E-state index in [1.165, 1.54) is 23.6 Å². The molecule has 8 nitrogen and oxygen atoms in total. The minimum Gasteiger partial charge on any atom is -0.476 e. The predicted octanol–water partition coefficient (Wildman–Crippen LogP) is 3.76. The number of piperidine rings is 1. The quantitative estimate of drug-likeness (QED) is 0.541. The third-order valence-corrected chi connectivity index (χ3v) is 6.48. The van der Waals surface area contributed by atoms with Gasteiger partial charge in [-0.05, 0) is 59.2 Å². The van der Waals surface area contributed by atoms with Crippen LogP contribution in [0.4, 0.5) is 18.9 Å². The predicted molar refractivity (Wildman–Crippen MR) is 136 cm³/mol. The Labute approximate surface area is 221 Å². The molecule has 2 heterocycles. The molecule has 3 rings (SSSR count). The van der Waals surface area contributed by atoms with Crippen molar-refractivity contribution in [3.05, 3.63) is 23.3 Å². The molecule has 37 heavy (non-hydrogen) atoms. The van der Waals surface area contributed by atoms with Crippen molar-refractivity contribution in [1.29, 1.82) is 0 Å². The maximum atomic E-state index is 14.2. The van der Waals surface area contributed by atoms with Crippen molar-refractivity contribution in [2.24, 2.45) is 0 Å². The van der Waals surface area contributed by atoms with Crippen molar-refractivity contribution < 1.29 is 32.3 Å². The van der Waals surface area contributed by atoms with Crippen LogP contribution in [0, 0.1) is 0 Å². The molecule has 1 aromatic carbocycles. The van der Waals surface area contributed by atoms with Gasteiger partial charge in [0.2, 0.25) is 5.91 Å². The van der Waals surface area contributed by atoms with Crippen molar-refractivity contribution in [2.75, 3.05) is 31.1 Å². The molecule has 1 aromatic rings. The number of nitrogens with one attached hydrogen (secondary N) is 2. The molecule has 0 saturated carbocycles. The molecule has 0 aromatic heterocycles. The fourth-order valence-corrected chi connectivity index (χ4v) is 4.71. The van der Waals surface area contributed by atoms with Crippen molar-refractivity contribution in [2.45, 2.75) is 77.7 Å². The van der Waals surface area contributed by atoms with E-state index >= 15 is 0 Å². The summed E-state index contributed by atoms with van der Waals surface area (Å²) < 4.78 is 48.3. The van der Waals surface area contributed by atoms with Crippen LogP contribution in [0.3, 0.4) is 0 Å². The molecule has 2 aliphatic heterocycles. The SMILES string of the molecule is CCC(=O)NCCN1C(=O)C(C)(C)Oc2cc(C(F)(F)F)c(C(=O)N(C(C)C)[C@@H]3CCCNC3)cc21.Cl. The number of anilines is 1. The van der Waals surface area contributed by atoms with Gasteiger partial charge in [0.1, 0.15) is 5.75 Å². The van der Waals surface area contributed by atoms with Gasteiger partial charge in [-0.2, -0.15) is 13.2 Å². The largest absolute Gasteiger partial charge is 0.476 e. The van der Waals surface area contributed by atoms with Gasteiger partial charge in [-0.15, -0.1) is 12.4 Å². The molecule has 1 atom stereocenters. The second-order valence-electron chi connectivity index (χ2n) is 9.94. The molecule has 1 saturated heterocycles. The molecule has 0 radical (unpaired) electrons. The van der Waals surface area contributed by atoms with Gasteiger partial charge in [-0.3, -0.25) is 14.4 Å². The lowest BCUT2D eigenvalue weighted by molar-refractivity contribution is -0.138. The first-order chi connectivity index (χ1) is 16.8. The summed E-state index contributed by atoms with van der Waals surface area (Å²) in [6.45, 7) is 9.58. The third kappa shape index (κ3) is 6.67. The second kappa shape index (κ2) is 11.9. The molecule has 12 heteroatoms. The van der Waals surface area contributed by atoms with E-state index in [1.807, 2.05) is 0 Å². The fourth-order valence-electron chi connectivity index (χ4n) is 4.71. The number of amides is 3. The van der Waals surface area contributed by atoms with E-state index in [2.05, 4.69) is 10.6 Å². The average molecular weight is 549 g/mol.